The molecular weight excluding hydrogens is 414 g/mol. The maximum atomic E-state index is 13.5. The first-order valence-electron chi connectivity index (χ1n) is 8.46. The first-order valence-corrected chi connectivity index (χ1v) is 8.46. The second-order valence-corrected chi connectivity index (χ2v) is 6.33. The lowest BCUT2D eigenvalue weighted by Gasteiger charge is -2.22. The largest absolute Gasteiger partial charge is 0.418 e. The van der Waals surface area contributed by atoms with Gasteiger partial charge in [0.1, 0.15) is 5.69 Å². The van der Waals surface area contributed by atoms with Crippen LogP contribution >= 0.6 is 0 Å². The summed E-state index contributed by atoms with van der Waals surface area (Å²) in [7, 11) is 1.55. The molecule has 158 valence electrons. The molecule has 5 nitrogen and oxygen atoms in total. The molecule has 0 spiro atoms. The fraction of sp³-hybridized carbons (Fsp3) is 0.211. The molecule has 0 aliphatic carbocycles. The summed E-state index contributed by atoms with van der Waals surface area (Å²) in [6.45, 7) is 0. The Bertz CT molecular complexity index is 1040. The maximum Gasteiger partial charge on any atom is 0.418 e. The second-order valence-electron chi connectivity index (χ2n) is 6.33. The van der Waals surface area contributed by atoms with Crippen LogP contribution in [0, 0.1) is 0 Å². The number of aromatic nitrogens is 3. The molecule has 3 aromatic rings. The summed E-state index contributed by atoms with van der Waals surface area (Å²) in [4.78, 5) is 16.3. The molecule has 0 radical (unpaired) electrons. The molecule has 1 N–H and O–H groups in total. The molecule has 1 aromatic carbocycles. The van der Waals surface area contributed by atoms with E-state index in [4.69, 9.17) is 0 Å². The molecule has 0 fully saturated rings. The number of rotatable bonds is 4. The molecule has 0 saturated carbocycles. The molecule has 0 aliphatic heterocycles. The van der Waals surface area contributed by atoms with Gasteiger partial charge in [0.25, 0.3) is 5.91 Å². The van der Waals surface area contributed by atoms with E-state index in [2.05, 4.69) is 15.4 Å². The van der Waals surface area contributed by atoms with Crippen molar-refractivity contribution in [2.24, 2.45) is 7.05 Å². The number of carbonyl (C=O) groups is 1. The molecule has 0 aliphatic rings. The van der Waals surface area contributed by atoms with E-state index in [1.165, 1.54) is 16.9 Å². The topological polar surface area (TPSA) is 59.8 Å². The van der Waals surface area contributed by atoms with Crippen LogP contribution in [0.2, 0.25) is 0 Å². The van der Waals surface area contributed by atoms with E-state index in [0.717, 1.165) is 42.6 Å². The summed E-state index contributed by atoms with van der Waals surface area (Å²) < 4.78 is 80.4. The fourth-order valence-corrected chi connectivity index (χ4v) is 2.80. The van der Waals surface area contributed by atoms with Crippen molar-refractivity contribution < 1.29 is 31.1 Å². The van der Waals surface area contributed by atoms with E-state index < -0.39 is 41.1 Å². The number of amides is 1. The number of nitrogens with one attached hydrogen (secondary N) is 1. The molecule has 1 amide bonds. The van der Waals surface area contributed by atoms with Gasteiger partial charge in [-0.15, -0.1) is 0 Å². The van der Waals surface area contributed by atoms with Gasteiger partial charge in [0.15, 0.2) is 0 Å². The van der Waals surface area contributed by atoms with Crippen molar-refractivity contribution in [3.63, 3.8) is 0 Å². The summed E-state index contributed by atoms with van der Waals surface area (Å²) in [5.41, 5.74) is -2.71. The van der Waals surface area contributed by atoms with Gasteiger partial charge in [0.05, 0.1) is 22.9 Å². The van der Waals surface area contributed by atoms with Crippen LogP contribution in [0.4, 0.5) is 26.3 Å². The first-order chi connectivity index (χ1) is 14.0. The number of hydrogen-bond donors (Lipinski definition) is 1. The summed E-state index contributed by atoms with van der Waals surface area (Å²) in [5.74, 6) is -0.806. The number of nitrogens with zero attached hydrogens (tertiary/aromatic N) is 3. The number of pyridine rings is 1. The molecule has 1 atom stereocenters. The number of hydrogen-bond acceptors (Lipinski definition) is 3. The number of halogens is 6. The highest BCUT2D eigenvalue weighted by Crippen LogP contribution is 2.36. The average molecular weight is 428 g/mol. The van der Waals surface area contributed by atoms with Gasteiger partial charge in [-0.1, -0.05) is 12.1 Å². The third-order valence-electron chi connectivity index (χ3n) is 4.21. The minimum Gasteiger partial charge on any atom is -0.338 e. The zero-order valence-corrected chi connectivity index (χ0v) is 15.3. The van der Waals surface area contributed by atoms with E-state index in [9.17, 15) is 31.1 Å². The summed E-state index contributed by atoms with van der Waals surface area (Å²) in [6.07, 6.45) is -6.84. The zero-order valence-electron chi connectivity index (χ0n) is 15.3. The molecular formula is C19H14F6N4O. The van der Waals surface area contributed by atoms with Gasteiger partial charge >= 0.3 is 12.4 Å². The van der Waals surface area contributed by atoms with Crippen LogP contribution in [0.1, 0.15) is 38.9 Å². The van der Waals surface area contributed by atoms with E-state index in [1.807, 2.05) is 0 Å². The smallest absolute Gasteiger partial charge is 0.338 e. The third kappa shape index (κ3) is 4.61. The van der Waals surface area contributed by atoms with Crippen LogP contribution < -0.4 is 5.32 Å². The van der Waals surface area contributed by atoms with Crippen molar-refractivity contribution in [3.8, 4) is 0 Å². The molecule has 11 heteroatoms. The normalized spacial score (nSPS) is 13.2. The number of alkyl halides is 6. The van der Waals surface area contributed by atoms with Crippen molar-refractivity contribution in [1.82, 2.24) is 20.1 Å². The predicted molar refractivity (Wildman–Crippen MR) is 93.2 cm³/mol. The molecule has 0 unspecified atom stereocenters. The van der Waals surface area contributed by atoms with Gasteiger partial charge in [-0.25, -0.2) is 0 Å². The Balaban J connectivity index is 2.07. The maximum absolute atomic E-state index is 13.5. The van der Waals surface area contributed by atoms with Crippen molar-refractivity contribution in [2.75, 3.05) is 0 Å². The average Bonchev–Trinajstić information content (AvgIpc) is 3.11. The van der Waals surface area contributed by atoms with Gasteiger partial charge in [0, 0.05) is 19.4 Å². The summed E-state index contributed by atoms with van der Waals surface area (Å²) >= 11 is 0. The fourth-order valence-electron chi connectivity index (χ4n) is 2.80. The lowest BCUT2D eigenvalue weighted by atomic mass is 9.97. The highest BCUT2D eigenvalue weighted by atomic mass is 19.4. The standard InChI is InChI=1S/C19H14F6N4O/c1-29-10-8-14(28-29)17(30)27-15(11-4-6-12(7-5-11)18(20,21)22)16-13(19(23,24)25)3-2-9-26-16/h2-10,15H,1H3,(H,27,30)/t15-/m0/s1. The van der Waals surface area contributed by atoms with Crippen molar-refractivity contribution in [3.05, 3.63) is 82.9 Å². The quantitative estimate of drug-likeness (QED) is 0.628. The molecule has 30 heavy (non-hydrogen) atoms. The van der Waals surface area contributed by atoms with E-state index in [1.54, 1.807) is 7.05 Å². The van der Waals surface area contributed by atoms with Gasteiger partial charge in [-0.2, -0.15) is 31.4 Å². The van der Waals surface area contributed by atoms with E-state index >= 15 is 0 Å². The van der Waals surface area contributed by atoms with E-state index in [0.29, 0.717) is 0 Å². The van der Waals surface area contributed by atoms with Crippen molar-refractivity contribution in [1.29, 1.82) is 0 Å². The molecule has 0 bridgehead atoms. The second kappa shape index (κ2) is 7.81. The highest BCUT2D eigenvalue weighted by molar-refractivity contribution is 5.92. The van der Waals surface area contributed by atoms with Gasteiger partial charge in [-0.05, 0) is 35.9 Å². The number of carbonyl (C=O) groups excluding carboxylic acids is 1. The first kappa shape index (κ1) is 21.3. The Hall–Kier alpha value is -3.37. The highest BCUT2D eigenvalue weighted by Gasteiger charge is 2.37. The Morgan fingerprint density at radius 3 is 2.20 bits per heavy atom. The van der Waals surface area contributed by atoms with Crippen LogP contribution in [0.25, 0.3) is 0 Å². The monoisotopic (exact) mass is 428 g/mol. The lowest BCUT2D eigenvalue weighted by Crippen LogP contribution is -2.32. The van der Waals surface area contributed by atoms with Crippen LogP contribution in [0.15, 0.2) is 54.9 Å². The van der Waals surface area contributed by atoms with Crippen molar-refractivity contribution in [2.45, 2.75) is 18.4 Å². The number of aryl methyl sites for hydroxylation is 1. The van der Waals surface area contributed by atoms with Gasteiger partial charge < -0.3 is 5.32 Å². The Morgan fingerprint density at radius 2 is 1.67 bits per heavy atom. The Labute approximate surface area is 166 Å². The van der Waals surface area contributed by atoms with Crippen LogP contribution in [0.3, 0.4) is 0 Å². The molecule has 3 rings (SSSR count). The van der Waals surface area contributed by atoms with Gasteiger partial charge in [0.2, 0.25) is 0 Å². The number of benzene rings is 1. The SMILES string of the molecule is Cn1ccc(C(=O)N[C@@H](c2ccc(C(F)(F)F)cc2)c2ncccc2C(F)(F)F)n1. The zero-order chi connectivity index (χ0) is 22.1. The summed E-state index contributed by atoms with van der Waals surface area (Å²) in [6, 6.07) is 5.21. The minimum absolute atomic E-state index is 0.00326. The van der Waals surface area contributed by atoms with Crippen LogP contribution in [-0.4, -0.2) is 20.7 Å². The molecule has 2 aromatic heterocycles. The van der Waals surface area contributed by atoms with Gasteiger partial charge in [-0.3, -0.25) is 14.5 Å². The third-order valence-corrected chi connectivity index (χ3v) is 4.21. The van der Waals surface area contributed by atoms with Crippen LogP contribution in [0.5, 0.6) is 0 Å². The minimum atomic E-state index is -4.79. The van der Waals surface area contributed by atoms with E-state index in [-0.39, 0.29) is 11.3 Å². The molecule has 0 saturated heterocycles. The lowest BCUT2D eigenvalue weighted by molar-refractivity contribution is -0.139. The van der Waals surface area contributed by atoms with Crippen molar-refractivity contribution >= 4 is 5.91 Å². The van der Waals surface area contributed by atoms with Crippen LogP contribution in [-0.2, 0) is 19.4 Å². The predicted octanol–water partition coefficient (Wildman–Crippen LogP) is 4.37. The molecule has 2 heterocycles. The Kier molecular flexibility index (Phi) is 5.55. The Morgan fingerprint density at radius 1 is 1.00 bits per heavy atom. The summed E-state index contributed by atoms with van der Waals surface area (Å²) in [5, 5.41) is 6.27.